The third-order valence-corrected chi connectivity index (χ3v) is 0.700. The van der Waals surface area contributed by atoms with Crippen LogP contribution in [0.1, 0.15) is 0 Å². The molecular formula is C3H6ClNO2. The van der Waals surface area contributed by atoms with Gasteiger partial charge in [0.05, 0.1) is 6.21 Å². The molecule has 0 radical (unpaired) electrons. The van der Waals surface area contributed by atoms with E-state index in [9.17, 15) is 0 Å². The Morgan fingerprint density at radius 3 is 2.71 bits per heavy atom. The van der Waals surface area contributed by atoms with Crippen LogP contribution in [0.15, 0.2) is 5.16 Å². The molecule has 0 aliphatic carbocycles. The van der Waals surface area contributed by atoms with Crippen LogP contribution in [0.4, 0.5) is 0 Å². The molecule has 0 amide bonds. The van der Waals surface area contributed by atoms with Crippen molar-refractivity contribution in [3.8, 4) is 0 Å². The highest BCUT2D eigenvalue weighted by molar-refractivity contribution is 6.26. The summed E-state index contributed by atoms with van der Waals surface area (Å²) in [4.78, 5) is 0. The van der Waals surface area contributed by atoms with E-state index >= 15 is 0 Å². The molecule has 0 rings (SSSR count). The lowest BCUT2D eigenvalue weighted by Gasteiger charge is -1.93. The van der Waals surface area contributed by atoms with Crippen molar-refractivity contribution < 1.29 is 9.94 Å². The number of ether oxygens (including phenoxy) is 1. The molecule has 3 nitrogen and oxygen atoms in total. The predicted octanol–water partition coefficient (Wildman–Crippen LogP) is 0.658. The Bertz CT molecular complexity index is 66.0. The van der Waals surface area contributed by atoms with Crippen molar-refractivity contribution in [1.82, 2.24) is 0 Å². The maximum absolute atomic E-state index is 7.77. The van der Waals surface area contributed by atoms with Crippen LogP contribution < -0.4 is 0 Å². The van der Waals surface area contributed by atoms with Gasteiger partial charge < -0.3 is 9.94 Å². The topological polar surface area (TPSA) is 41.8 Å². The molecule has 0 heterocycles. The monoisotopic (exact) mass is 123 g/mol. The van der Waals surface area contributed by atoms with Gasteiger partial charge in [0.1, 0.15) is 0 Å². The van der Waals surface area contributed by atoms with Gasteiger partial charge in [-0.1, -0.05) is 16.8 Å². The largest absolute Gasteiger partial charge is 0.411 e. The first-order valence-corrected chi connectivity index (χ1v) is 2.09. The third kappa shape index (κ3) is 3.55. The van der Waals surface area contributed by atoms with Crippen molar-refractivity contribution in [3.63, 3.8) is 0 Å². The molecule has 0 fully saturated rings. The molecule has 0 aliphatic heterocycles. The first-order chi connectivity index (χ1) is 3.31. The third-order valence-electron chi connectivity index (χ3n) is 0.409. The van der Waals surface area contributed by atoms with Gasteiger partial charge in [0.25, 0.3) is 0 Å². The van der Waals surface area contributed by atoms with E-state index in [1.165, 1.54) is 7.11 Å². The van der Waals surface area contributed by atoms with Gasteiger partial charge in [-0.05, 0) is 0 Å². The highest BCUT2D eigenvalue weighted by Crippen LogP contribution is 1.88. The van der Waals surface area contributed by atoms with E-state index in [-0.39, 0.29) is 0 Å². The van der Waals surface area contributed by atoms with Crippen molar-refractivity contribution in [2.75, 3.05) is 7.11 Å². The standard InChI is InChI=1S/C3H6ClNO2/c1-7-3(4)2-5-6/h2-3,6H,1H3. The van der Waals surface area contributed by atoms with Crippen molar-refractivity contribution in [2.45, 2.75) is 5.56 Å². The molecule has 4 heteroatoms. The van der Waals surface area contributed by atoms with Crippen LogP contribution in [-0.4, -0.2) is 24.1 Å². The minimum absolute atomic E-state index is 0.620. The molecule has 0 aromatic heterocycles. The molecule has 1 unspecified atom stereocenters. The van der Waals surface area contributed by atoms with Crippen molar-refractivity contribution in [2.24, 2.45) is 5.16 Å². The number of oxime groups is 1. The van der Waals surface area contributed by atoms with E-state index in [1.54, 1.807) is 0 Å². The molecule has 7 heavy (non-hydrogen) atoms. The predicted molar refractivity (Wildman–Crippen MR) is 26.9 cm³/mol. The van der Waals surface area contributed by atoms with Gasteiger partial charge in [0.2, 0.25) is 0 Å². The summed E-state index contributed by atoms with van der Waals surface area (Å²) in [5.74, 6) is 0. The normalized spacial score (nSPS) is 15.1. The summed E-state index contributed by atoms with van der Waals surface area (Å²) in [5, 5.41) is 10.4. The van der Waals surface area contributed by atoms with Crippen molar-refractivity contribution >= 4 is 17.8 Å². The summed E-state index contributed by atoms with van der Waals surface area (Å²) >= 11 is 5.23. The molecule has 0 saturated heterocycles. The molecule has 0 saturated carbocycles. The summed E-state index contributed by atoms with van der Waals surface area (Å²) in [6.07, 6.45) is 1.07. The molecule has 0 spiro atoms. The van der Waals surface area contributed by atoms with E-state index in [2.05, 4.69) is 9.89 Å². The zero-order valence-electron chi connectivity index (χ0n) is 3.84. The lowest BCUT2D eigenvalue weighted by molar-refractivity contribution is 0.213. The molecule has 0 bridgehead atoms. The highest BCUT2D eigenvalue weighted by Gasteiger charge is 1.91. The Balaban J connectivity index is 3.16. The van der Waals surface area contributed by atoms with E-state index < -0.39 is 5.56 Å². The van der Waals surface area contributed by atoms with Crippen LogP contribution in [0.5, 0.6) is 0 Å². The first kappa shape index (κ1) is 6.72. The Morgan fingerprint density at radius 2 is 2.57 bits per heavy atom. The van der Waals surface area contributed by atoms with E-state index in [4.69, 9.17) is 16.8 Å². The summed E-state index contributed by atoms with van der Waals surface area (Å²) in [6, 6.07) is 0. The summed E-state index contributed by atoms with van der Waals surface area (Å²) in [6.45, 7) is 0. The Hall–Kier alpha value is -0.280. The molecule has 1 N–H and O–H groups in total. The number of rotatable bonds is 2. The van der Waals surface area contributed by atoms with E-state index in [0.29, 0.717) is 0 Å². The van der Waals surface area contributed by atoms with Crippen LogP contribution in [0.25, 0.3) is 0 Å². The quantitative estimate of drug-likeness (QED) is 0.254. The van der Waals surface area contributed by atoms with Gasteiger partial charge in [0.15, 0.2) is 5.56 Å². The summed E-state index contributed by atoms with van der Waals surface area (Å²) < 4.78 is 4.45. The molecule has 0 aromatic carbocycles. The second-order valence-corrected chi connectivity index (χ2v) is 1.28. The zero-order valence-corrected chi connectivity index (χ0v) is 4.59. The fraction of sp³-hybridized carbons (Fsp3) is 0.667. The zero-order chi connectivity index (χ0) is 5.70. The highest BCUT2D eigenvalue weighted by atomic mass is 35.5. The number of methoxy groups -OCH3 is 1. The molecule has 0 aromatic rings. The minimum Gasteiger partial charge on any atom is -0.411 e. The molecular weight excluding hydrogens is 117 g/mol. The number of halogens is 1. The Morgan fingerprint density at radius 1 is 2.00 bits per heavy atom. The Labute approximate surface area is 46.5 Å². The maximum Gasteiger partial charge on any atom is 0.169 e. The van der Waals surface area contributed by atoms with Gasteiger partial charge in [0, 0.05) is 7.11 Å². The van der Waals surface area contributed by atoms with Gasteiger partial charge in [-0.15, -0.1) is 0 Å². The smallest absolute Gasteiger partial charge is 0.169 e. The van der Waals surface area contributed by atoms with Crippen molar-refractivity contribution in [3.05, 3.63) is 0 Å². The SMILES string of the molecule is COC(Cl)C=NO. The van der Waals surface area contributed by atoms with Gasteiger partial charge >= 0.3 is 0 Å². The van der Waals surface area contributed by atoms with Crippen LogP contribution in [0, 0.1) is 0 Å². The fourth-order valence-corrected chi connectivity index (χ4v) is 0.164. The molecule has 1 atom stereocenters. The summed E-state index contributed by atoms with van der Waals surface area (Å²) in [7, 11) is 1.42. The van der Waals surface area contributed by atoms with Crippen molar-refractivity contribution in [1.29, 1.82) is 0 Å². The number of hydrogen-bond acceptors (Lipinski definition) is 3. The molecule has 0 aliphatic rings. The lowest BCUT2D eigenvalue weighted by atomic mass is 10.8. The Kier molecular flexibility index (Phi) is 3.74. The van der Waals surface area contributed by atoms with Gasteiger partial charge in [-0.25, -0.2) is 0 Å². The number of hydrogen-bond donors (Lipinski definition) is 1. The first-order valence-electron chi connectivity index (χ1n) is 1.65. The van der Waals surface area contributed by atoms with Gasteiger partial charge in [-0.2, -0.15) is 0 Å². The minimum atomic E-state index is -0.620. The lowest BCUT2D eigenvalue weighted by Crippen LogP contribution is -2.00. The second-order valence-electron chi connectivity index (χ2n) is 0.851. The molecule has 42 valence electrons. The average Bonchev–Trinajstić information content (AvgIpc) is 1.68. The van der Waals surface area contributed by atoms with E-state index in [1.807, 2.05) is 0 Å². The van der Waals surface area contributed by atoms with Crippen LogP contribution in [0.3, 0.4) is 0 Å². The fourth-order valence-electron chi connectivity index (χ4n) is 0.113. The van der Waals surface area contributed by atoms with Crippen LogP contribution >= 0.6 is 11.6 Å². The van der Waals surface area contributed by atoms with Crippen LogP contribution in [-0.2, 0) is 4.74 Å². The second kappa shape index (κ2) is 3.89. The van der Waals surface area contributed by atoms with Gasteiger partial charge in [-0.3, -0.25) is 0 Å². The number of alkyl halides is 1. The average molecular weight is 124 g/mol. The summed E-state index contributed by atoms with van der Waals surface area (Å²) in [5.41, 5.74) is -0.620. The maximum atomic E-state index is 7.77. The number of nitrogens with zero attached hydrogens (tertiary/aromatic N) is 1. The van der Waals surface area contributed by atoms with E-state index in [0.717, 1.165) is 6.21 Å². The van der Waals surface area contributed by atoms with Crippen LogP contribution in [0.2, 0.25) is 0 Å².